The van der Waals surface area contributed by atoms with E-state index in [-0.39, 0.29) is 11.7 Å². The summed E-state index contributed by atoms with van der Waals surface area (Å²) in [5.74, 6) is -0.178. The van der Waals surface area contributed by atoms with Gasteiger partial charge in [0, 0.05) is 6.20 Å². The number of nitrogens with one attached hydrogen (secondary N) is 2. The van der Waals surface area contributed by atoms with E-state index in [0.717, 1.165) is 5.56 Å². The molecular weight excluding hydrogens is 256 g/mol. The van der Waals surface area contributed by atoms with E-state index in [1.165, 1.54) is 6.33 Å². The van der Waals surface area contributed by atoms with Crippen LogP contribution in [0.1, 0.15) is 16.2 Å². The lowest BCUT2D eigenvalue weighted by atomic mass is 10.2. The third-order valence-electron chi connectivity index (χ3n) is 2.71. The molecule has 1 amide bonds. The van der Waals surface area contributed by atoms with E-state index in [4.69, 9.17) is 0 Å². The maximum atomic E-state index is 11.8. The van der Waals surface area contributed by atoms with Crippen LogP contribution in [0.2, 0.25) is 0 Å². The van der Waals surface area contributed by atoms with Crippen LogP contribution in [-0.4, -0.2) is 30.9 Å². The summed E-state index contributed by atoms with van der Waals surface area (Å²) >= 11 is 0. The molecule has 0 unspecified atom stereocenters. The lowest BCUT2D eigenvalue weighted by Gasteiger charge is -2.01. The van der Waals surface area contributed by atoms with E-state index < -0.39 is 0 Å². The van der Waals surface area contributed by atoms with Crippen molar-refractivity contribution in [3.63, 3.8) is 0 Å². The number of nitrogens with zero attached hydrogens (tertiary/aromatic N) is 4. The molecule has 0 saturated heterocycles. The largest absolute Gasteiger partial charge is 0.317 e. The molecule has 3 aromatic rings. The van der Waals surface area contributed by atoms with E-state index in [1.54, 1.807) is 17.1 Å². The number of amides is 1. The third kappa shape index (κ3) is 2.72. The molecule has 0 fully saturated rings. The second-order valence-corrected chi connectivity index (χ2v) is 4.20. The van der Waals surface area contributed by atoms with Gasteiger partial charge in [0.1, 0.15) is 6.33 Å². The molecule has 2 heterocycles. The number of hydrogen-bond donors (Lipinski definition) is 2. The smallest absolute Gasteiger partial charge is 0.293 e. The molecule has 100 valence electrons. The molecule has 0 atom stereocenters. The lowest BCUT2D eigenvalue weighted by molar-refractivity contribution is 0.101. The fourth-order valence-electron chi connectivity index (χ4n) is 1.79. The number of rotatable bonds is 4. The Morgan fingerprint density at radius 3 is 2.90 bits per heavy atom. The zero-order chi connectivity index (χ0) is 13.8. The van der Waals surface area contributed by atoms with E-state index in [9.17, 15) is 4.79 Å². The highest BCUT2D eigenvalue weighted by molar-refractivity contribution is 6.01. The molecule has 7 heteroatoms. The average molecular weight is 268 g/mol. The molecule has 0 aliphatic heterocycles. The molecule has 3 rings (SSSR count). The monoisotopic (exact) mass is 268 g/mol. The minimum atomic E-state index is -0.346. The zero-order valence-electron chi connectivity index (χ0n) is 10.5. The summed E-state index contributed by atoms with van der Waals surface area (Å²) < 4.78 is 1.76. The maximum absolute atomic E-state index is 11.8. The van der Waals surface area contributed by atoms with E-state index in [1.807, 2.05) is 30.3 Å². The number of anilines is 1. The van der Waals surface area contributed by atoms with Crippen molar-refractivity contribution < 1.29 is 4.79 Å². The van der Waals surface area contributed by atoms with E-state index in [0.29, 0.717) is 12.2 Å². The van der Waals surface area contributed by atoms with E-state index in [2.05, 4.69) is 25.6 Å². The van der Waals surface area contributed by atoms with Crippen molar-refractivity contribution in [3.05, 3.63) is 60.4 Å². The predicted octanol–water partition coefficient (Wildman–Crippen LogP) is 1.30. The van der Waals surface area contributed by atoms with Crippen molar-refractivity contribution >= 4 is 11.6 Å². The Balaban J connectivity index is 1.67. The van der Waals surface area contributed by atoms with Crippen LogP contribution in [0.25, 0.3) is 0 Å². The first-order valence-electron chi connectivity index (χ1n) is 6.04. The summed E-state index contributed by atoms with van der Waals surface area (Å²) in [6.07, 6.45) is 4.65. The quantitative estimate of drug-likeness (QED) is 0.746. The summed E-state index contributed by atoms with van der Waals surface area (Å²) in [7, 11) is 0. The van der Waals surface area contributed by atoms with Gasteiger partial charge in [0.2, 0.25) is 5.82 Å². The Morgan fingerprint density at radius 2 is 2.15 bits per heavy atom. The summed E-state index contributed by atoms with van der Waals surface area (Å²) in [5, 5.41) is 13.0. The lowest BCUT2D eigenvalue weighted by Crippen LogP contribution is -2.13. The fraction of sp³-hybridized carbons (Fsp3) is 0.0769. The Labute approximate surface area is 114 Å². The second kappa shape index (κ2) is 5.35. The standard InChI is InChI=1S/C13H12N6O/c20-13(12-14-9-15-18-12)17-11-6-16-19(8-11)7-10-4-2-1-3-5-10/h1-6,8-9H,7H2,(H,17,20)(H,14,15,18). The van der Waals surface area contributed by atoms with Gasteiger partial charge in [-0.25, -0.2) is 4.98 Å². The van der Waals surface area contributed by atoms with Crippen molar-refractivity contribution in [1.29, 1.82) is 0 Å². The fourth-order valence-corrected chi connectivity index (χ4v) is 1.79. The average Bonchev–Trinajstić information content (AvgIpc) is 3.11. The number of hydrogen-bond acceptors (Lipinski definition) is 4. The van der Waals surface area contributed by atoms with Gasteiger partial charge < -0.3 is 5.32 Å². The minimum Gasteiger partial charge on any atom is -0.317 e. The second-order valence-electron chi connectivity index (χ2n) is 4.20. The Hall–Kier alpha value is -2.96. The maximum Gasteiger partial charge on any atom is 0.293 e. The number of H-pyrrole nitrogens is 1. The number of carbonyl (C=O) groups excluding carboxylic acids is 1. The summed E-state index contributed by atoms with van der Waals surface area (Å²) in [4.78, 5) is 15.5. The molecular formula is C13H12N6O. The van der Waals surface area contributed by atoms with Gasteiger partial charge in [-0.3, -0.25) is 14.6 Å². The molecule has 1 aromatic carbocycles. The normalized spacial score (nSPS) is 10.4. The van der Waals surface area contributed by atoms with Gasteiger partial charge in [-0.05, 0) is 5.56 Å². The molecule has 2 N–H and O–H groups in total. The van der Waals surface area contributed by atoms with Crippen molar-refractivity contribution in [3.8, 4) is 0 Å². The van der Waals surface area contributed by atoms with E-state index >= 15 is 0 Å². The van der Waals surface area contributed by atoms with Gasteiger partial charge in [-0.1, -0.05) is 30.3 Å². The van der Waals surface area contributed by atoms with Crippen LogP contribution >= 0.6 is 0 Å². The van der Waals surface area contributed by atoms with Crippen molar-refractivity contribution in [1.82, 2.24) is 25.0 Å². The molecule has 2 aromatic heterocycles. The van der Waals surface area contributed by atoms with Gasteiger partial charge in [0.15, 0.2) is 0 Å². The highest BCUT2D eigenvalue weighted by Gasteiger charge is 2.09. The highest BCUT2D eigenvalue weighted by Crippen LogP contribution is 2.08. The zero-order valence-corrected chi connectivity index (χ0v) is 10.5. The molecule has 0 aliphatic carbocycles. The molecule has 0 spiro atoms. The van der Waals surface area contributed by atoms with Gasteiger partial charge in [0.25, 0.3) is 5.91 Å². The Bertz CT molecular complexity index is 689. The van der Waals surface area contributed by atoms with Crippen LogP contribution < -0.4 is 5.32 Å². The van der Waals surface area contributed by atoms with Gasteiger partial charge in [-0.2, -0.15) is 10.2 Å². The van der Waals surface area contributed by atoms with Crippen LogP contribution in [0.4, 0.5) is 5.69 Å². The Morgan fingerprint density at radius 1 is 1.30 bits per heavy atom. The van der Waals surface area contributed by atoms with Crippen LogP contribution in [0.15, 0.2) is 49.1 Å². The molecule has 0 radical (unpaired) electrons. The van der Waals surface area contributed by atoms with Crippen molar-refractivity contribution in [2.24, 2.45) is 0 Å². The first kappa shape index (κ1) is 12.1. The Kier molecular flexibility index (Phi) is 3.24. The van der Waals surface area contributed by atoms with Crippen molar-refractivity contribution in [2.45, 2.75) is 6.54 Å². The van der Waals surface area contributed by atoms with Gasteiger partial charge in [0.05, 0.1) is 18.4 Å². The van der Waals surface area contributed by atoms with Crippen LogP contribution in [0, 0.1) is 0 Å². The van der Waals surface area contributed by atoms with Crippen LogP contribution in [0.3, 0.4) is 0 Å². The SMILES string of the molecule is O=C(Nc1cnn(Cc2ccccc2)c1)c1ncn[nH]1. The third-order valence-corrected chi connectivity index (χ3v) is 2.71. The van der Waals surface area contributed by atoms with Crippen molar-refractivity contribution in [2.75, 3.05) is 5.32 Å². The molecule has 7 nitrogen and oxygen atoms in total. The summed E-state index contributed by atoms with van der Waals surface area (Å²) in [6, 6.07) is 9.97. The number of benzene rings is 1. The van der Waals surface area contributed by atoms with Gasteiger partial charge >= 0.3 is 0 Å². The highest BCUT2D eigenvalue weighted by atomic mass is 16.2. The predicted molar refractivity (Wildman–Crippen MR) is 72.1 cm³/mol. The van der Waals surface area contributed by atoms with Gasteiger partial charge in [-0.15, -0.1) is 0 Å². The minimum absolute atomic E-state index is 0.167. The summed E-state index contributed by atoms with van der Waals surface area (Å²) in [6.45, 7) is 0.652. The number of aromatic amines is 1. The molecule has 20 heavy (non-hydrogen) atoms. The molecule has 0 aliphatic rings. The number of carbonyl (C=O) groups is 1. The first-order chi connectivity index (χ1) is 9.81. The molecule has 0 bridgehead atoms. The topological polar surface area (TPSA) is 88.5 Å². The molecule has 0 saturated carbocycles. The number of aromatic nitrogens is 5. The van der Waals surface area contributed by atoms with Crippen LogP contribution in [0.5, 0.6) is 0 Å². The summed E-state index contributed by atoms with van der Waals surface area (Å²) in [5.41, 5.74) is 1.76. The van der Waals surface area contributed by atoms with Crippen LogP contribution in [-0.2, 0) is 6.54 Å². The first-order valence-corrected chi connectivity index (χ1v) is 6.04.